The largest absolute Gasteiger partial charge is 0.377 e. The summed E-state index contributed by atoms with van der Waals surface area (Å²) in [6, 6.07) is 0.603. The molecule has 0 amide bonds. The second-order valence-corrected chi connectivity index (χ2v) is 5.38. The summed E-state index contributed by atoms with van der Waals surface area (Å²) in [6.45, 7) is 6.15. The first-order valence-electron chi connectivity index (χ1n) is 6.87. The molecular formula is C13H26N2O. The maximum absolute atomic E-state index is 6.00. The van der Waals surface area contributed by atoms with Gasteiger partial charge in [0.15, 0.2) is 0 Å². The molecule has 1 saturated heterocycles. The first-order chi connectivity index (χ1) is 7.81. The summed E-state index contributed by atoms with van der Waals surface area (Å²) in [6.07, 6.45) is 7.11. The maximum atomic E-state index is 6.00. The summed E-state index contributed by atoms with van der Waals surface area (Å²) < 4.78 is 5.71. The van der Waals surface area contributed by atoms with E-state index in [-0.39, 0.29) is 0 Å². The Hall–Kier alpha value is -0.120. The molecule has 2 N–H and O–H groups in total. The maximum Gasteiger partial charge on any atom is 0.0674 e. The molecule has 2 rings (SSSR count). The summed E-state index contributed by atoms with van der Waals surface area (Å²) in [5.41, 5.74) is 6.00. The highest BCUT2D eigenvalue weighted by Gasteiger charge is 2.30. The van der Waals surface area contributed by atoms with E-state index in [0.717, 1.165) is 32.0 Å². The van der Waals surface area contributed by atoms with E-state index in [1.807, 2.05) is 0 Å². The van der Waals surface area contributed by atoms with Crippen LogP contribution in [0.1, 0.15) is 39.0 Å². The van der Waals surface area contributed by atoms with Crippen LogP contribution in [-0.2, 0) is 4.74 Å². The van der Waals surface area contributed by atoms with Crippen LogP contribution >= 0.6 is 0 Å². The summed E-state index contributed by atoms with van der Waals surface area (Å²) in [4.78, 5) is 2.59. The molecule has 2 fully saturated rings. The Bertz CT molecular complexity index is 204. The van der Waals surface area contributed by atoms with Gasteiger partial charge in [0.05, 0.1) is 6.10 Å². The quantitative estimate of drug-likeness (QED) is 0.794. The first kappa shape index (κ1) is 12.3. The van der Waals surface area contributed by atoms with Gasteiger partial charge in [-0.05, 0) is 32.1 Å². The zero-order valence-corrected chi connectivity index (χ0v) is 10.5. The fourth-order valence-corrected chi connectivity index (χ4v) is 3.31. The van der Waals surface area contributed by atoms with Gasteiger partial charge in [-0.3, -0.25) is 4.90 Å². The van der Waals surface area contributed by atoms with Gasteiger partial charge < -0.3 is 10.5 Å². The Labute approximate surface area is 99.3 Å². The van der Waals surface area contributed by atoms with Crippen LogP contribution in [0.25, 0.3) is 0 Å². The van der Waals surface area contributed by atoms with Crippen LogP contribution in [0.4, 0.5) is 0 Å². The fourth-order valence-electron chi connectivity index (χ4n) is 3.31. The van der Waals surface area contributed by atoms with Gasteiger partial charge in [-0.2, -0.15) is 0 Å². The zero-order chi connectivity index (χ0) is 11.4. The molecule has 3 heteroatoms. The van der Waals surface area contributed by atoms with Crippen LogP contribution < -0.4 is 5.73 Å². The van der Waals surface area contributed by atoms with Crippen LogP contribution in [-0.4, -0.2) is 43.3 Å². The Morgan fingerprint density at radius 3 is 2.75 bits per heavy atom. The molecule has 3 nitrogen and oxygen atoms in total. The average molecular weight is 226 g/mol. The summed E-state index contributed by atoms with van der Waals surface area (Å²) in [5, 5.41) is 0. The highest BCUT2D eigenvalue weighted by atomic mass is 16.5. The number of nitrogens with two attached hydrogens (primary N) is 1. The van der Waals surface area contributed by atoms with Crippen molar-refractivity contribution in [2.75, 3.05) is 26.2 Å². The van der Waals surface area contributed by atoms with Crippen molar-refractivity contribution < 1.29 is 4.74 Å². The molecule has 0 radical (unpaired) electrons. The second kappa shape index (κ2) is 5.99. The third-order valence-electron chi connectivity index (χ3n) is 4.14. The van der Waals surface area contributed by atoms with E-state index in [0.29, 0.717) is 12.1 Å². The number of nitrogens with zero attached hydrogens (tertiary/aromatic N) is 1. The van der Waals surface area contributed by atoms with Gasteiger partial charge in [0.2, 0.25) is 0 Å². The number of hydrogen-bond donors (Lipinski definition) is 1. The Morgan fingerprint density at radius 2 is 2.06 bits per heavy atom. The van der Waals surface area contributed by atoms with Crippen molar-refractivity contribution in [1.82, 2.24) is 4.90 Å². The fraction of sp³-hybridized carbons (Fsp3) is 1.00. The van der Waals surface area contributed by atoms with E-state index in [1.54, 1.807) is 0 Å². The van der Waals surface area contributed by atoms with Gasteiger partial charge in [-0.25, -0.2) is 0 Å². The second-order valence-electron chi connectivity index (χ2n) is 5.38. The molecule has 1 saturated carbocycles. The molecule has 1 aliphatic carbocycles. The Balaban J connectivity index is 1.95. The van der Waals surface area contributed by atoms with Crippen molar-refractivity contribution in [2.45, 2.75) is 51.2 Å². The third kappa shape index (κ3) is 2.96. The van der Waals surface area contributed by atoms with Crippen LogP contribution in [0, 0.1) is 5.92 Å². The van der Waals surface area contributed by atoms with E-state index in [2.05, 4.69) is 11.8 Å². The molecule has 1 aliphatic heterocycles. The normalized spacial score (nSPS) is 31.5. The van der Waals surface area contributed by atoms with Crippen molar-refractivity contribution in [3.63, 3.8) is 0 Å². The highest BCUT2D eigenvalue weighted by molar-refractivity contribution is 4.85. The van der Waals surface area contributed by atoms with Gasteiger partial charge in [0.1, 0.15) is 0 Å². The van der Waals surface area contributed by atoms with Gasteiger partial charge in [-0.15, -0.1) is 0 Å². The molecular weight excluding hydrogens is 200 g/mol. The topological polar surface area (TPSA) is 38.5 Å². The van der Waals surface area contributed by atoms with Gasteiger partial charge in [0, 0.05) is 32.3 Å². The number of rotatable bonds is 3. The van der Waals surface area contributed by atoms with Crippen LogP contribution in [0.2, 0.25) is 0 Å². The molecule has 1 heterocycles. The predicted octanol–water partition coefficient (Wildman–Crippen LogP) is 1.61. The molecule has 2 aliphatic rings. The van der Waals surface area contributed by atoms with Gasteiger partial charge >= 0.3 is 0 Å². The minimum atomic E-state index is 0.373. The number of hydrogen-bond acceptors (Lipinski definition) is 3. The Morgan fingerprint density at radius 1 is 1.31 bits per heavy atom. The molecule has 94 valence electrons. The van der Waals surface area contributed by atoms with E-state index in [4.69, 9.17) is 10.5 Å². The Kier molecular flexibility index (Phi) is 4.62. The first-order valence-corrected chi connectivity index (χ1v) is 6.87. The van der Waals surface area contributed by atoms with Crippen molar-refractivity contribution in [3.8, 4) is 0 Å². The number of ether oxygens (including phenoxy) is 1. The predicted molar refractivity (Wildman–Crippen MR) is 66.4 cm³/mol. The lowest BCUT2D eigenvalue weighted by molar-refractivity contribution is 0.0546. The summed E-state index contributed by atoms with van der Waals surface area (Å²) in [5.74, 6) is 0.843. The molecule has 0 bridgehead atoms. The minimum absolute atomic E-state index is 0.373. The average Bonchev–Trinajstić information content (AvgIpc) is 2.70. The molecule has 0 aromatic heterocycles. The summed E-state index contributed by atoms with van der Waals surface area (Å²) >= 11 is 0. The van der Waals surface area contributed by atoms with Crippen LogP contribution in [0.15, 0.2) is 0 Å². The van der Waals surface area contributed by atoms with Gasteiger partial charge in [0.25, 0.3) is 0 Å². The molecule has 2 atom stereocenters. The van der Waals surface area contributed by atoms with Gasteiger partial charge in [-0.1, -0.05) is 12.8 Å². The van der Waals surface area contributed by atoms with Crippen LogP contribution in [0.5, 0.6) is 0 Å². The molecule has 0 aromatic carbocycles. The molecule has 2 unspecified atom stereocenters. The lowest BCUT2D eigenvalue weighted by Gasteiger charge is -2.34. The van der Waals surface area contributed by atoms with E-state index >= 15 is 0 Å². The molecule has 0 aromatic rings. The lowest BCUT2D eigenvalue weighted by atomic mass is 9.96. The standard InChI is InChI=1S/C13H26N2O/c1-11-10-15(7-4-8-16-11)13(9-14)12-5-2-3-6-12/h11-13H,2-10,14H2,1H3. The third-order valence-corrected chi connectivity index (χ3v) is 4.14. The SMILES string of the molecule is CC1CN(C(CN)C2CCCC2)CCCO1. The van der Waals surface area contributed by atoms with E-state index in [9.17, 15) is 0 Å². The molecule has 16 heavy (non-hydrogen) atoms. The van der Waals surface area contributed by atoms with E-state index in [1.165, 1.54) is 32.2 Å². The van der Waals surface area contributed by atoms with E-state index < -0.39 is 0 Å². The van der Waals surface area contributed by atoms with Crippen molar-refractivity contribution in [3.05, 3.63) is 0 Å². The molecule has 0 spiro atoms. The van der Waals surface area contributed by atoms with Crippen LogP contribution in [0.3, 0.4) is 0 Å². The zero-order valence-electron chi connectivity index (χ0n) is 10.5. The van der Waals surface area contributed by atoms with Crippen molar-refractivity contribution in [2.24, 2.45) is 11.7 Å². The summed E-state index contributed by atoms with van der Waals surface area (Å²) in [7, 11) is 0. The highest BCUT2D eigenvalue weighted by Crippen LogP contribution is 2.30. The monoisotopic (exact) mass is 226 g/mol. The lowest BCUT2D eigenvalue weighted by Crippen LogP contribution is -2.47. The minimum Gasteiger partial charge on any atom is -0.377 e. The van der Waals surface area contributed by atoms with Crippen molar-refractivity contribution >= 4 is 0 Å². The van der Waals surface area contributed by atoms with Crippen molar-refractivity contribution in [1.29, 1.82) is 0 Å². The smallest absolute Gasteiger partial charge is 0.0674 e.